The van der Waals surface area contributed by atoms with Gasteiger partial charge in [-0.25, -0.2) is 4.98 Å². The molecule has 128 valence electrons. The molecule has 0 aliphatic rings. The van der Waals surface area contributed by atoms with Crippen LogP contribution in [0.5, 0.6) is 0 Å². The minimum atomic E-state index is -0.181. The number of pyridine rings is 1. The van der Waals surface area contributed by atoms with E-state index < -0.39 is 0 Å². The zero-order valence-corrected chi connectivity index (χ0v) is 14.9. The number of nitrogens with zero attached hydrogens (tertiary/aromatic N) is 4. The van der Waals surface area contributed by atoms with Crippen molar-refractivity contribution in [1.29, 1.82) is 0 Å². The van der Waals surface area contributed by atoms with E-state index in [9.17, 15) is 4.79 Å². The molecular weight excluding hydrogens is 386 g/mol. The lowest BCUT2D eigenvalue weighted by Crippen LogP contribution is -2.31. The number of nitrogens with two attached hydrogens (primary N) is 1. The fourth-order valence-electron chi connectivity index (χ4n) is 2.41. The molecule has 0 atom stereocenters. The predicted molar refractivity (Wildman–Crippen MR) is 99.1 cm³/mol. The fraction of sp³-hybridized carbons (Fsp3) is 0.118. The van der Waals surface area contributed by atoms with Crippen LogP contribution in [0.25, 0.3) is 17.2 Å². The van der Waals surface area contributed by atoms with Gasteiger partial charge in [-0.3, -0.25) is 4.79 Å². The molecule has 0 aromatic carbocycles. The Labute approximate surface area is 152 Å². The lowest BCUT2D eigenvalue weighted by molar-refractivity contribution is 0.0791. The van der Waals surface area contributed by atoms with E-state index in [0.717, 1.165) is 0 Å². The molecule has 0 spiro atoms. The average Bonchev–Trinajstić information content (AvgIpc) is 3.20. The van der Waals surface area contributed by atoms with E-state index in [1.165, 1.54) is 4.52 Å². The Morgan fingerprint density at radius 2 is 2.04 bits per heavy atom. The van der Waals surface area contributed by atoms with Crippen LogP contribution in [0.3, 0.4) is 0 Å². The molecule has 0 fully saturated rings. The molecule has 3 rings (SSSR count). The quantitative estimate of drug-likeness (QED) is 0.640. The molecule has 0 aliphatic heterocycles. The molecule has 0 aliphatic carbocycles. The minimum Gasteiger partial charge on any atom is -0.446 e. The third kappa shape index (κ3) is 3.34. The second-order valence-corrected chi connectivity index (χ2v) is 6.05. The van der Waals surface area contributed by atoms with Gasteiger partial charge >= 0.3 is 0 Å². The number of aromatic nitrogens is 3. The van der Waals surface area contributed by atoms with E-state index in [2.05, 4.69) is 39.2 Å². The molecule has 0 saturated carbocycles. The van der Waals surface area contributed by atoms with E-state index in [-0.39, 0.29) is 5.91 Å². The topological polar surface area (TPSA) is 89.7 Å². The van der Waals surface area contributed by atoms with Crippen LogP contribution in [-0.2, 0) is 0 Å². The number of furan rings is 1. The van der Waals surface area contributed by atoms with Crippen molar-refractivity contribution in [3.8, 4) is 11.6 Å². The van der Waals surface area contributed by atoms with Crippen LogP contribution in [0.4, 0.5) is 5.82 Å². The highest BCUT2D eigenvalue weighted by atomic mass is 79.9. The Bertz CT molecular complexity index is 949. The summed E-state index contributed by atoms with van der Waals surface area (Å²) in [5.41, 5.74) is 6.93. The third-order valence-corrected chi connectivity index (χ3v) is 3.92. The first kappa shape index (κ1) is 17.0. The Balaban J connectivity index is 2.02. The number of anilines is 1. The molecule has 25 heavy (non-hydrogen) atoms. The van der Waals surface area contributed by atoms with Crippen molar-refractivity contribution in [3.63, 3.8) is 0 Å². The standard InChI is InChI=1S/C17H16BrN5O2/c1-3-7-22(8-4-2)17(24)11-9-14(19)23-15(10-11)20-16(21-23)12-5-6-13(18)25-12/h3-6,9-10H,1-2,7-8,19H2. The molecule has 0 saturated heterocycles. The zero-order valence-electron chi connectivity index (χ0n) is 13.4. The van der Waals surface area contributed by atoms with Crippen molar-refractivity contribution in [2.75, 3.05) is 18.8 Å². The van der Waals surface area contributed by atoms with Crippen molar-refractivity contribution in [2.24, 2.45) is 0 Å². The van der Waals surface area contributed by atoms with Crippen molar-refractivity contribution in [1.82, 2.24) is 19.5 Å². The second-order valence-electron chi connectivity index (χ2n) is 5.27. The number of halogens is 1. The molecule has 7 nitrogen and oxygen atoms in total. The largest absolute Gasteiger partial charge is 0.446 e. The Morgan fingerprint density at radius 1 is 1.32 bits per heavy atom. The number of carbonyl (C=O) groups is 1. The van der Waals surface area contributed by atoms with E-state index >= 15 is 0 Å². The Morgan fingerprint density at radius 3 is 2.64 bits per heavy atom. The van der Waals surface area contributed by atoms with E-state index in [0.29, 0.717) is 46.4 Å². The van der Waals surface area contributed by atoms with Crippen LogP contribution in [-0.4, -0.2) is 38.5 Å². The van der Waals surface area contributed by atoms with Gasteiger partial charge in [0, 0.05) is 18.7 Å². The molecule has 0 unspecified atom stereocenters. The summed E-state index contributed by atoms with van der Waals surface area (Å²) in [4.78, 5) is 18.7. The first-order valence-electron chi connectivity index (χ1n) is 7.46. The maximum atomic E-state index is 12.7. The number of rotatable bonds is 6. The second kappa shape index (κ2) is 6.94. The normalized spacial score (nSPS) is 10.8. The number of hydrogen-bond donors (Lipinski definition) is 1. The lowest BCUT2D eigenvalue weighted by Gasteiger charge is -2.19. The first-order valence-corrected chi connectivity index (χ1v) is 8.26. The summed E-state index contributed by atoms with van der Waals surface area (Å²) in [5.74, 6) is 1.01. The third-order valence-electron chi connectivity index (χ3n) is 3.49. The van der Waals surface area contributed by atoms with Gasteiger partial charge in [0.25, 0.3) is 5.91 Å². The summed E-state index contributed by atoms with van der Waals surface area (Å²) in [6.45, 7) is 8.17. The molecular formula is C17H16BrN5O2. The Kier molecular flexibility index (Phi) is 4.71. The molecule has 3 aromatic heterocycles. The number of fused-ring (bicyclic) bond motifs is 1. The first-order chi connectivity index (χ1) is 12.0. The summed E-state index contributed by atoms with van der Waals surface area (Å²) in [6, 6.07) is 6.72. The summed E-state index contributed by atoms with van der Waals surface area (Å²) < 4.78 is 7.50. The van der Waals surface area contributed by atoms with Gasteiger partial charge in [-0.2, -0.15) is 4.52 Å². The number of amides is 1. The summed E-state index contributed by atoms with van der Waals surface area (Å²) in [7, 11) is 0. The monoisotopic (exact) mass is 401 g/mol. The molecule has 1 amide bonds. The Hall–Kier alpha value is -2.87. The van der Waals surface area contributed by atoms with Crippen molar-refractivity contribution >= 4 is 33.3 Å². The minimum absolute atomic E-state index is 0.181. The van der Waals surface area contributed by atoms with Crippen LogP contribution in [0.2, 0.25) is 0 Å². The van der Waals surface area contributed by atoms with E-state index in [1.54, 1.807) is 41.3 Å². The van der Waals surface area contributed by atoms with Crippen molar-refractivity contribution < 1.29 is 9.21 Å². The highest BCUT2D eigenvalue weighted by Crippen LogP contribution is 2.24. The van der Waals surface area contributed by atoms with Crippen LogP contribution >= 0.6 is 15.9 Å². The van der Waals surface area contributed by atoms with E-state index in [1.807, 2.05) is 0 Å². The van der Waals surface area contributed by atoms with Gasteiger partial charge in [0.1, 0.15) is 5.82 Å². The highest BCUT2D eigenvalue weighted by molar-refractivity contribution is 9.10. The maximum Gasteiger partial charge on any atom is 0.254 e. The van der Waals surface area contributed by atoms with Crippen molar-refractivity contribution in [2.45, 2.75) is 0 Å². The molecule has 0 bridgehead atoms. The molecule has 3 heterocycles. The maximum absolute atomic E-state index is 12.7. The van der Waals surface area contributed by atoms with Crippen LogP contribution < -0.4 is 5.73 Å². The van der Waals surface area contributed by atoms with Crippen LogP contribution in [0, 0.1) is 0 Å². The number of carbonyl (C=O) groups excluding carboxylic acids is 1. The van der Waals surface area contributed by atoms with Crippen molar-refractivity contribution in [3.05, 3.63) is 59.8 Å². The van der Waals surface area contributed by atoms with Gasteiger partial charge in [-0.15, -0.1) is 18.3 Å². The summed E-state index contributed by atoms with van der Waals surface area (Å²) in [5, 5.41) is 4.32. The van der Waals surface area contributed by atoms with Gasteiger partial charge in [-0.05, 0) is 40.2 Å². The summed E-state index contributed by atoms with van der Waals surface area (Å²) >= 11 is 3.24. The molecule has 8 heteroatoms. The van der Waals surface area contributed by atoms with Gasteiger partial charge in [0.05, 0.1) is 0 Å². The summed E-state index contributed by atoms with van der Waals surface area (Å²) in [6.07, 6.45) is 3.32. The van der Waals surface area contributed by atoms with E-state index in [4.69, 9.17) is 10.2 Å². The lowest BCUT2D eigenvalue weighted by atomic mass is 10.2. The van der Waals surface area contributed by atoms with Crippen LogP contribution in [0.15, 0.2) is 58.7 Å². The fourth-order valence-corrected chi connectivity index (χ4v) is 2.71. The average molecular weight is 402 g/mol. The smallest absolute Gasteiger partial charge is 0.254 e. The van der Waals surface area contributed by atoms with Gasteiger partial charge < -0.3 is 15.1 Å². The number of hydrogen-bond acceptors (Lipinski definition) is 5. The van der Waals surface area contributed by atoms with Gasteiger partial charge in [0.15, 0.2) is 16.1 Å². The van der Waals surface area contributed by atoms with Gasteiger partial charge in [-0.1, -0.05) is 12.2 Å². The zero-order chi connectivity index (χ0) is 18.0. The molecule has 3 aromatic rings. The van der Waals surface area contributed by atoms with Crippen LogP contribution in [0.1, 0.15) is 10.4 Å². The molecule has 2 N–H and O–H groups in total. The highest BCUT2D eigenvalue weighted by Gasteiger charge is 2.18. The number of nitrogen functional groups attached to an aromatic ring is 1. The van der Waals surface area contributed by atoms with Gasteiger partial charge in [0.2, 0.25) is 5.82 Å². The predicted octanol–water partition coefficient (Wildman–Crippen LogP) is 3.15. The SMILES string of the molecule is C=CCN(CC=C)C(=O)c1cc(N)n2nc(-c3ccc(Br)o3)nc2c1. The molecule has 0 radical (unpaired) electrons.